The molecule has 0 bridgehead atoms. The minimum atomic E-state index is 0.446. The molecule has 3 nitrogen and oxygen atoms in total. The molecule has 0 aliphatic rings. The van der Waals surface area contributed by atoms with Gasteiger partial charge in [-0.1, -0.05) is 48.5 Å². The lowest BCUT2D eigenvalue weighted by atomic mass is 9.97. The maximum absolute atomic E-state index is 5.31. The van der Waals surface area contributed by atoms with Gasteiger partial charge in [0.15, 0.2) is 5.11 Å². The number of hydrazine groups is 1. The van der Waals surface area contributed by atoms with Crippen molar-refractivity contribution in [2.45, 2.75) is 6.54 Å². The monoisotopic (exact) mass is 281 g/mol. The van der Waals surface area contributed by atoms with Gasteiger partial charge in [-0.25, -0.2) is 5.84 Å². The van der Waals surface area contributed by atoms with Gasteiger partial charge in [-0.2, -0.15) is 0 Å². The largest absolute Gasteiger partial charge is 0.358 e. The molecule has 0 heterocycles. The second kappa shape index (κ2) is 5.45. The minimum Gasteiger partial charge on any atom is -0.358 e. The van der Waals surface area contributed by atoms with Gasteiger partial charge in [0.25, 0.3) is 0 Å². The third-order valence-corrected chi connectivity index (χ3v) is 3.70. The smallest absolute Gasteiger partial charge is 0.180 e. The number of rotatable bonds is 2. The van der Waals surface area contributed by atoms with Crippen LogP contribution in [0.15, 0.2) is 54.6 Å². The second-order valence-corrected chi connectivity index (χ2v) is 5.03. The summed E-state index contributed by atoms with van der Waals surface area (Å²) in [6.45, 7) is 0.644. The van der Waals surface area contributed by atoms with Crippen LogP contribution in [0.5, 0.6) is 0 Å². The summed E-state index contributed by atoms with van der Waals surface area (Å²) in [5.74, 6) is 5.31. The van der Waals surface area contributed by atoms with Gasteiger partial charge in [0.05, 0.1) is 0 Å². The van der Waals surface area contributed by atoms with Crippen LogP contribution in [0.3, 0.4) is 0 Å². The van der Waals surface area contributed by atoms with E-state index in [4.69, 9.17) is 18.1 Å². The molecule has 0 aliphatic carbocycles. The lowest BCUT2D eigenvalue weighted by molar-refractivity contribution is 0.876. The van der Waals surface area contributed by atoms with Gasteiger partial charge in [-0.3, -0.25) is 0 Å². The summed E-state index contributed by atoms with van der Waals surface area (Å²) in [7, 11) is 0. The molecule has 20 heavy (non-hydrogen) atoms. The van der Waals surface area contributed by atoms with Crippen LogP contribution in [-0.2, 0) is 6.54 Å². The lowest BCUT2D eigenvalue weighted by Gasteiger charge is -2.13. The normalized spacial score (nSPS) is 10.7. The van der Waals surface area contributed by atoms with Crippen molar-refractivity contribution in [1.29, 1.82) is 0 Å². The Labute approximate surface area is 122 Å². The summed E-state index contributed by atoms with van der Waals surface area (Å²) >= 11 is 5.05. The summed E-state index contributed by atoms with van der Waals surface area (Å²) < 4.78 is 0. The second-order valence-electron chi connectivity index (χ2n) is 4.62. The number of fused-ring (bicyclic) bond motifs is 2. The van der Waals surface area contributed by atoms with Crippen LogP contribution >= 0.6 is 12.2 Å². The van der Waals surface area contributed by atoms with Gasteiger partial charge in [0.1, 0.15) is 0 Å². The molecule has 0 radical (unpaired) electrons. The highest BCUT2D eigenvalue weighted by molar-refractivity contribution is 7.80. The molecule has 0 saturated heterocycles. The van der Waals surface area contributed by atoms with Gasteiger partial charge >= 0.3 is 0 Å². The van der Waals surface area contributed by atoms with E-state index in [0.717, 1.165) is 0 Å². The van der Waals surface area contributed by atoms with Crippen LogP contribution in [-0.4, -0.2) is 5.11 Å². The topological polar surface area (TPSA) is 50.1 Å². The summed E-state index contributed by atoms with van der Waals surface area (Å²) in [6.07, 6.45) is 0. The van der Waals surface area contributed by atoms with Crippen molar-refractivity contribution < 1.29 is 0 Å². The Morgan fingerprint density at radius 2 is 1.50 bits per heavy atom. The summed E-state index contributed by atoms with van der Waals surface area (Å²) in [4.78, 5) is 0. The van der Waals surface area contributed by atoms with Crippen molar-refractivity contribution in [3.05, 3.63) is 60.2 Å². The van der Waals surface area contributed by atoms with E-state index >= 15 is 0 Å². The highest BCUT2D eigenvalue weighted by Crippen LogP contribution is 2.28. The molecular formula is C16H15N3S. The van der Waals surface area contributed by atoms with Crippen molar-refractivity contribution in [2.75, 3.05) is 0 Å². The molecule has 100 valence electrons. The van der Waals surface area contributed by atoms with E-state index in [9.17, 15) is 0 Å². The van der Waals surface area contributed by atoms with E-state index in [1.54, 1.807) is 0 Å². The molecule has 3 aromatic carbocycles. The van der Waals surface area contributed by atoms with Crippen LogP contribution in [0.2, 0.25) is 0 Å². The number of thiocarbonyl (C=S) groups is 1. The molecule has 0 aromatic heterocycles. The fraction of sp³-hybridized carbons (Fsp3) is 0.0625. The Morgan fingerprint density at radius 1 is 0.950 bits per heavy atom. The first-order valence-electron chi connectivity index (χ1n) is 6.43. The summed E-state index contributed by atoms with van der Waals surface area (Å²) in [6, 6.07) is 19.0. The molecule has 0 amide bonds. The highest BCUT2D eigenvalue weighted by Gasteiger charge is 2.07. The highest BCUT2D eigenvalue weighted by atomic mass is 32.1. The molecule has 0 unspecified atom stereocenters. The Balaban J connectivity index is 2.20. The first kappa shape index (κ1) is 12.8. The minimum absolute atomic E-state index is 0.446. The molecule has 0 fully saturated rings. The average molecular weight is 281 g/mol. The number of hydrogen-bond acceptors (Lipinski definition) is 2. The van der Waals surface area contributed by atoms with Crippen molar-refractivity contribution >= 4 is 38.9 Å². The Kier molecular flexibility index (Phi) is 3.50. The predicted octanol–water partition coefficient (Wildman–Crippen LogP) is 2.83. The number of nitrogens with one attached hydrogen (secondary N) is 2. The third-order valence-electron chi connectivity index (χ3n) is 3.44. The van der Waals surface area contributed by atoms with Crippen molar-refractivity contribution in [1.82, 2.24) is 10.7 Å². The van der Waals surface area contributed by atoms with Gasteiger partial charge in [-0.15, -0.1) is 0 Å². The van der Waals surface area contributed by atoms with Crippen molar-refractivity contribution in [3.8, 4) is 0 Å². The Bertz CT molecular complexity index is 729. The zero-order valence-electron chi connectivity index (χ0n) is 10.9. The molecule has 0 spiro atoms. The lowest BCUT2D eigenvalue weighted by Crippen LogP contribution is -2.39. The zero-order chi connectivity index (χ0) is 13.9. The summed E-state index contributed by atoms with van der Waals surface area (Å²) in [5.41, 5.74) is 3.68. The third kappa shape index (κ3) is 2.31. The average Bonchev–Trinajstić information content (AvgIpc) is 2.51. The fourth-order valence-electron chi connectivity index (χ4n) is 2.52. The Hall–Kier alpha value is -2.17. The van der Waals surface area contributed by atoms with Gasteiger partial charge in [-0.05, 0) is 45.4 Å². The van der Waals surface area contributed by atoms with E-state index in [-0.39, 0.29) is 0 Å². The van der Waals surface area contributed by atoms with E-state index in [2.05, 4.69) is 65.3 Å². The maximum Gasteiger partial charge on any atom is 0.180 e. The van der Waals surface area contributed by atoms with Crippen molar-refractivity contribution in [2.24, 2.45) is 5.84 Å². The van der Waals surface area contributed by atoms with Crippen molar-refractivity contribution in [3.63, 3.8) is 0 Å². The molecular weight excluding hydrogens is 266 g/mol. The summed E-state index contributed by atoms with van der Waals surface area (Å²) in [5, 5.41) is 8.51. The predicted molar refractivity (Wildman–Crippen MR) is 88.2 cm³/mol. The number of benzene rings is 3. The van der Waals surface area contributed by atoms with Gasteiger partial charge in [0.2, 0.25) is 0 Å². The number of nitrogens with two attached hydrogens (primary N) is 1. The van der Waals surface area contributed by atoms with Crippen LogP contribution in [0.25, 0.3) is 21.5 Å². The van der Waals surface area contributed by atoms with Gasteiger partial charge in [0, 0.05) is 6.54 Å². The Morgan fingerprint density at radius 3 is 2.05 bits per heavy atom. The van der Waals surface area contributed by atoms with E-state index in [1.165, 1.54) is 27.1 Å². The maximum atomic E-state index is 5.31. The van der Waals surface area contributed by atoms with Crippen LogP contribution in [0.1, 0.15) is 5.56 Å². The molecule has 0 aliphatic heterocycles. The molecule has 0 saturated carbocycles. The molecule has 3 rings (SSSR count). The molecule has 3 aromatic rings. The van der Waals surface area contributed by atoms with E-state index in [0.29, 0.717) is 11.7 Å². The SMILES string of the molecule is NNC(=S)NCc1c2ccccc2cc2ccccc12. The number of hydrogen-bond donors (Lipinski definition) is 3. The molecule has 4 N–H and O–H groups in total. The zero-order valence-corrected chi connectivity index (χ0v) is 11.7. The molecule has 4 heteroatoms. The first-order valence-corrected chi connectivity index (χ1v) is 6.84. The van der Waals surface area contributed by atoms with E-state index in [1.807, 2.05) is 0 Å². The van der Waals surface area contributed by atoms with E-state index < -0.39 is 0 Å². The van der Waals surface area contributed by atoms with Crippen LogP contribution in [0, 0.1) is 0 Å². The first-order chi connectivity index (χ1) is 9.79. The molecule has 0 atom stereocenters. The standard InChI is InChI=1S/C16H15N3S/c17-19-16(20)18-10-15-13-7-3-1-5-11(13)9-12-6-2-4-8-14(12)15/h1-9H,10,17H2,(H2,18,19,20). The van der Waals surface area contributed by atoms with Gasteiger partial charge < -0.3 is 10.7 Å². The quantitative estimate of drug-likeness (QED) is 0.293. The van der Waals surface area contributed by atoms with Crippen LogP contribution in [0.4, 0.5) is 0 Å². The van der Waals surface area contributed by atoms with Crippen LogP contribution < -0.4 is 16.6 Å². The fourth-order valence-corrected chi connectivity index (χ4v) is 2.59.